The van der Waals surface area contributed by atoms with Gasteiger partial charge in [0.15, 0.2) is 0 Å². The number of benzene rings is 1. The van der Waals surface area contributed by atoms with Crippen LogP contribution in [-0.2, 0) is 13.6 Å². The molecule has 5 heteroatoms. The SMILES string of the molecule is CCOP(=O)(/C=C(\C)c1ccc(Cl)cc1)OCC. The van der Waals surface area contributed by atoms with E-state index in [0.717, 1.165) is 11.1 Å². The molecular weight excluding hydrogens is 271 g/mol. The molecule has 0 saturated carbocycles. The van der Waals surface area contributed by atoms with E-state index in [1.165, 1.54) is 0 Å². The van der Waals surface area contributed by atoms with E-state index in [1.807, 2.05) is 19.1 Å². The number of halogens is 1. The van der Waals surface area contributed by atoms with E-state index in [0.29, 0.717) is 18.2 Å². The highest BCUT2D eigenvalue weighted by molar-refractivity contribution is 7.57. The van der Waals surface area contributed by atoms with Crippen molar-refractivity contribution in [2.75, 3.05) is 13.2 Å². The molecule has 0 fully saturated rings. The summed E-state index contributed by atoms with van der Waals surface area (Å²) < 4.78 is 22.8. The summed E-state index contributed by atoms with van der Waals surface area (Å²) in [5.74, 6) is 1.56. The Hall–Kier alpha value is -0.600. The van der Waals surface area contributed by atoms with Crippen molar-refractivity contribution in [1.29, 1.82) is 0 Å². The maximum atomic E-state index is 12.3. The predicted octanol–water partition coefficient (Wildman–Crippen LogP) is 4.97. The van der Waals surface area contributed by atoms with Gasteiger partial charge < -0.3 is 9.05 Å². The lowest BCUT2D eigenvalue weighted by Crippen LogP contribution is -1.93. The van der Waals surface area contributed by atoms with Gasteiger partial charge in [-0.05, 0) is 44.0 Å². The standard InChI is InChI=1S/C13H18ClO3P/c1-4-16-18(15,17-5-2)10-11(3)12-6-8-13(14)9-7-12/h6-10H,4-5H2,1-3H3/b11-10+. The molecule has 1 aromatic rings. The molecule has 1 rings (SSSR count). The predicted molar refractivity (Wildman–Crippen MR) is 76.0 cm³/mol. The zero-order valence-corrected chi connectivity index (χ0v) is 12.5. The van der Waals surface area contributed by atoms with Gasteiger partial charge in [-0.2, -0.15) is 0 Å². The minimum absolute atomic E-state index is 0.349. The number of allylic oxidation sites excluding steroid dienone is 1. The van der Waals surface area contributed by atoms with Gasteiger partial charge >= 0.3 is 7.60 Å². The molecule has 0 unspecified atom stereocenters. The molecule has 0 radical (unpaired) electrons. The third-order valence-electron chi connectivity index (χ3n) is 2.27. The molecule has 0 amide bonds. The smallest absolute Gasteiger partial charge is 0.306 e. The molecule has 0 aromatic heterocycles. The van der Waals surface area contributed by atoms with Crippen molar-refractivity contribution >= 4 is 24.8 Å². The fraction of sp³-hybridized carbons (Fsp3) is 0.385. The molecule has 0 aliphatic heterocycles. The third kappa shape index (κ3) is 4.58. The summed E-state index contributed by atoms with van der Waals surface area (Å²) >= 11 is 5.83. The van der Waals surface area contributed by atoms with Gasteiger partial charge in [-0.3, -0.25) is 4.57 Å². The lowest BCUT2D eigenvalue weighted by Gasteiger charge is -2.14. The van der Waals surface area contributed by atoms with Gasteiger partial charge in [0.05, 0.1) is 13.2 Å². The molecular formula is C13H18ClO3P. The second-order valence-electron chi connectivity index (χ2n) is 3.69. The molecule has 100 valence electrons. The zero-order chi connectivity index (χ0) is 13.6. The fourth-order valence-corrected chi connectivity index (χ4v) is 3.19. The second-order valence-corrected chi connectivity index (χ2v) is 5.99. The van der Waals surface area contributed by atoms with E-state index in [9.17, 15) is 4.57 Å². The highest BCUT2D eigenvalue weighted by Gasteiger charge is 2.20. The number of hydrogen-bond acceptors (Lipinski definition) is 3. The van der Waals surface area contributed by atoms with Gasteiger partial charge in [0.1, 0.15) is 0 Å². The summed E-state index contributed by atoms with van der Waals surface area (Å²) in [5.41, 5.74) is 1.79. The first-order chi connectivity index (χ1) is 8.50. The van der Waals surface area contributed by atoms with Crippen LogP contribution in [0.5, 0.6) is 0 Å². The maximum absolute atomic E-state index is 12.3. The average Bonchev–Trinajstić information content (AvgIpc) is 2.30. The zero-order valence-electron chi connectivity index (χ0n) is 10.9. The first-order valence-corrected chi connectivity index (χ1v) is 7.84. The molecule has 0 N–H and O–H groups in total. The first kappa shape index (κ1) is 15.5. The summed E-state index contributed by atoms with van der Waals surface area (Å²) in [7, 11) is -3.15. The van der Waals surface area contributed by atoms with E-state index < -0.39 is 7.60 Å². The fourth-order valence-electron chi connectivity index (χ4n) is 1.50. The topological polar surface area (TPSA) is 35.5 Å². The molecule has 18 heavy (non-hydrogen) atoms. The Morgan fingerprint density at radius 3 is 2.17 bits per heavy atom. The van der Waals surface area contributed by atoms with Crippen molar-refractivity contribution in [1.82, 2.24) is 0 Å². The Labute approximate surface area is 113 Å². The van der Waals surface area contributed by atoms with E-state index in [4.69, 9.17) is 20.6 Å². The normalized spacial score (nSPS) is 12.8. The van der Waals surface area contributed by atoms with Crippen LogP contribution in [0.25, 0.3) is 5.57 Å². The average molecular weight is 289 g/mol. The van der Waals surface area contributed by atoms with Gasteiger partial charge in [-0.1, -0.05) is 23.7 Å². The summed E-state index contributed by atoms with van der Waals surface area (Å²) in [5, 5.41) is 0.671. The molecule has 0 bridgehead atoms. The quantitative estimate of drug-likeness (QED) is 0.694. The van der Waals surface area contributed by atoms with Gasteiger partial charge in [-0.25, -0.2) is 0 Å². The number of hydrogen-bond donors (Lipinski definition) is 0. The summed E-state index contributed by atoms with van der Waals surface area (Å²) in [6.07, 6.45) is 0. The highest BCUT2D eigenvalue weighted by atomic mass is 35.5. The van der Waals surface area contributed by atoms with Gasteiger partial charge in [0, 0.05) is 10.8 Å². The second kappa shape index (κ2) is 7.10. The van der Waals surface area contributed by atoms with Gasteiger partial charge in [0.25, 0.3) is 0 Å². The molecule has 0 aliphatic carbocycles. The molecule has 0 saturated heterocycles. The Morgan fingerprint density at radius 1 is 1.22 bits per heavy atom. The van der Waals surface area contributed by atoms with Crippen LogP contribution < -0.4 is 0 Å². The summed E-state index contributed by atoms with van der Waals surface area (Å²) in [6, 6.07) is 7.33. The van der Waals surface area contributed by atoms with E-state index in [-0.39, 0.29) is 0 Å². The van der Waals surface area contributed by atoms with Crippen LogP contribution in [0.15, 0.2) is 30.1 Å². The Bertz CT molecular complexity index is 444. The molecule has 0 heterocycles. The lowest BCUT2D eigenvalue weighted by atomic mass is 10.1. The molecule has 0 aliphatic rings. The van der Waals surface area contributed by atoms with Crippen LogP contribution in [0.4, 0.5) is 0 Å². The Balaban J connectivity index is 2.98. The minimum atomic E-state index is -3.15. The van der Waals surface area contributed by atoms with Crippen LogP contribution in [0.1, 0.15) is 26.3 Å². The van der Waals surface area contributed by atoms with Crippen molar-refractivity contribution in [3.05, 3.63) is 40.7 Å². The van der Waals surface area contributed by atoms with Crippen LogP contribution in [0.2, 0.25) is 5.02 Å². The van der Waals surface area contributed by atoms with Gasteiger partial charge in [-0.15, -0.1) is 0 Å². The minimum Gasteiger partial charge on any atom is -0.306 e. The highest BCUT2D eigenvalue weighted by Crippen LogP contribution is 2.51. The van der Waals surface area contributed by atoms with E-state index in [1.54, 1.807) is 31.8 Å². The van der Waals surface area contributed by atoms with Crippen molar-refractivity contribution in [3.63, 3.8) is 0 Å². The van der Waals surface area contributed by atoms with Crippen LogP contribution in [-0.4, -0.2) is 13.2 Å². The summed E-state index contributed by atoms with van der Waals surface area (Å²) in [6.45, 7) is 6.14. The molecule has 0 spiro atoms. The van der Waals surface area contributed by atoms with Gasteiger partial charge in [0.2, 0.25) is 0 Å². The van der Waals surface area contributed by atoms with E-state index >= 15 is 0 Å². The van der Waals surface area contributed by atoms with Crippen LogP contribution in [0.3, 0.4) is 0 Å². The first-order valence-electron chi connectivity index (χ1n) is 5.85. The monoisotopic (exact) mass is 288 g/mol. The number of rotatable bonds is 6. The Morgan fingerprint density at radius 2 is 1.72 bits per heavy atom. The van der Waals surface area contributed by atoms with E-state index in [2.05, 4.69) is 0 Å². The molecule has 3 nitrogen and oxygen atoms in total. The van der Waals surface area contributed by atoms with Crippen molar-refractivity contribution in [3.8, 4) is 0 Å². The Kier molecular flexibility index (Phi) is 6.10. The molecule has 1 aromatic carbocycles. The van der Waals surface area contributed by atoms with Crippen molar-refractivity contribution in [2.45, 2.75) is 20.8 Å². The lowest BCUT2D eigenvalue weighted by molar-refractivity contribution is 0.229. The molecule has 0 atom stereocenters. The third-order valence-corrected chi connectivity index (χ3v) is 4.46. The maximum Gasteiger partial charge on any atom is 0.354 e. The van der Waals surface area contributed by atoms with Crippen LogP contribution in [0, 0.1) is 0 Å². The largest absolute Gasteiger partial charge is 0.354 e. The van der Waals surface area contributed by atoms with Crippen molar-refractivity contribution in [2.24, 2.45) is 0 Å². The summed E-state index contributed by atoms with van der Waals surface area (Å²) in [4.78, 5) is 0. The van der Waals surface area contributed by atoms with Crippen LogP contribution >= 0.6 is 19.2 Å². The van der Waals surface area contributed by atoms with Crippen molar-refractivity contribution < 1.29 is 13.6 Å².